The van der Waals surface area contributed by atoms with Crippen molar-refractivity contribution >= 4 is 11.8 Å². The molecule has 1 atom stereocenters. The zero-order chi connectivity index (χ0) is 19.2. The largest absolute Gasteiger partial charge is 0.341 e. The second-order valence-electron chi connectivity index (χ2n) is 7.81. The number of carbonyl (C=O) groups excluding carboxylic acids is 2. The van der Waals surface area contributed by atoms with Crippen molar-refractivity contribution in [2.45, 2.75) is 32.6 Å². The summed E-state index contributed by atoms with van der Waals surface area (Å²) >= 11 is 0. The maximum atomic E-state index is 13.4. The van der Waals surface area contributed by atoms with E-state index in [1.165, 1.54) is 12.1 Å². The highest BCUT2D eigenvalue weighted by atomic mass is 19.1. The van der Waals surface area contributed by atoms with Gasteiger partial charge in [0.15, 0.2) is 0 Å². The molecule has 0 aromatic heterocycles. The lowest BCUT2D eigenvalue weighted by molar-refractivity contribution is -0.132. The second kappa shape index (κ2) is 9.31. The molecule has 2 saturated heterocycles. The first-order chi connectivity index (χ1) is 13.0. The summed E-state index contributed by atoms with van der Waals surface area (Å²) in [6.07, 6.45) is 3.63. The Kier molecular flexibility index (Phi) is 6.83. The molecule has 0 radical (unpaired) electrons. The summed E-state index contributed by atoms with van der Waals surface area (Å²) in [6, 6.07) is 5.80. The van der Waals surface area contributed by atoms with Gasteiger partial charge in [0.05, 0.1) is 0 Å². The molecular formula is C21H30FN3O2. The molecule has 5 nitrogen and oxygen atoms in total. The van der Waals surface area contributed by atoms with Crippen LogP contribution in [0.5, 0.6) is 0 Å². The third-order valence-corrected chi connectivity index (χ3v) is 5.89. The highest BCUT2D eigenvalue weighted by Crippen LogP contribution is 2.25. The molecule has 1 unspecified atom stereocenters. The van der Waals surface area contributed by atoms with Crippen molar-refractivity contribution < 1.29 is 14.0 Å². The zero-order valence-corrected chi connectivity index (χ0v) is 16.1. The van der Waals surface area contributed by atoms with Gasteiger partial charge in [0.1, 0.15) is 5.82 Å². The third-order valence-electron chi connectivity index (χ3n) is 5.89. The number of piperidine rings is 1. The van der Waals surface area contributed by atoms with Gasteiger partial charge in [-0.3, -0.25) is 9.59 Å². The monoisotopic (exact) mass is 375 g/mol. The van der Waals surface area contributed by atoms with E-state index in [1.54, 1.807) is 17.0 Å². The SMILES string of the molecule is CC(CC(=O)N1CCCN(C(=O)c2cccc(F)c2)CC1)C1CCNCC1. The molecule has 2 amide bonds. The van der Waals surface area contributed by atoms with E-state index in [4.69, 9.17) is 0 Å². The molecule has 3 rings (SSSR count). The molecular weight excluding hydrogens is 345 g/mol. The average molecular weight is 375 g/mol. The maximum Gasteiger partial charge on any atom is 0.254 e. The Bertz CT molecular complexity index is 661. The predicted molar refractivity (Wildman–Crippen MR) is 103 cm³/mol. The zero-order valence-electron chi connectivity index (χ0n) is 16.1. The van der Waals surface area contributed by atoms with E-state index in [1.807, 2.05) is 4.90 Å². The van der Waals surface area contributed by atoms with Gasteiger partial charge in [0.25, 0.3) is 5.91 Å². The standard InChI is InChI=1S/C21H30FN3O2/c1-16(17-6-8-23-9-7-17)14-20(26)24-10-3-11-25(13-12-24)21(27)18-4-2-5-19(22)15-18/h2,4-5,15-17,23H,3,6-14H2,1H3. The molecule has 2 fully saturated rings. The van der Waals surface area contributed by atoms with Gasteiger partial charge in [-0.25, -0.2) is 4.39 Å². The molecule has 0 saturated carbocycles. The smallest absolute Gasteiger partial charge is 0.254 e. The van der Waals surface area contributed by atoms with Crippen LogP contribution in [-0.2, 0) is 4.79 Å². The van der Waals surface area contributed by atoms with Gasteiger partial charge in [0.2, 0.25) is 5.91 Å². The van der Waals surface area contributed by atoms with Gasteiger partial charge >= 0.3 is 0 Å². The summed E-state index contributed by atoms with van der Waals surface area (Å²) in [6.45, 7) is 6.62. The minimum Gasteiger partial charge on any atom is -0.341 e. The lowest BCUT2D eigenvalue weighted by Gasteiger charge is -2.30. The van der Waals surface area contributed by atoms with E-state index < -0.39 is 5.82 Å². The van der Waals surface area contributed by atoms with E-state index in [9.17, 15) is 14.0 Å². The van der Waals surface area contributed by atoms with E-state index >= 15 is 0 Å². The van der Waals surface area contributed by atoms with Crippen molar-refractivity contribution in [1.82, 2.24) is 15.1 Å². The molecule has 2 aliphatic rings. The van der Waals surface area contributed by atoms with Crippen LogP contribution in [0.4, 0.5) is 4.39 Å². The molecule has 0 aliphatic carbocycles. The van der Waals surface area contributed by atoms with Crippen molar-refractivity contribution in [3.05, 3.63) is 35.6 Å². The fraction of sp³-hybridized carbons (Fsp3) is 0.619. The van der Waals surface area contributed by atoms with Gasteiger partial charge in [-0.15, -0.1) is 0 Å². The first kappa shape index (κ1) is 19.8. The molecule has 0 bridgehead atoms. The fourth-order valence-electron chi connectivity index (χ4n) is 4.16. The van der Waals surface area contributed by atoms with Gasteiger partial charge in [-0.1, -0.05) is 13.0 Å². The normalized spacial score (nSPS) is 20.2. The minimum atomic E-state index is -0.403. The minimum absolute atomic E-state index is 0.160. The number of amides is 2. The number of nitrogens with one attached hydrogen (secondary N) is 1. The summed E-state index contributed by atoms with van der Waals surface area (Å²) < 4.78 is 13.4. The molecule has 1 aromatic rings. The number of halogens is 1. The van der Waals surface area contributed by atoms with Crippen LogP contribution in [0.3, 0.4) is 0 Å². The summed E-state index contributed by atoms with van der Waals surface area (Å²) in [5.74, 6) is 0.647. The van der Waals surface area contributed by atoms with Crippen LogP contribution in [0, 0.1) is 17.7 Å². The molecule has 1 N–H and O–H groups in total. The van der Waals surface area contributed by atoms with Crippen molar-refractivity contribution in [3.63, 3.8) is 0 Å². The average Bonchev–Trinajstić information content (AvgIpc) is 2.94. The van der Waals surface area contributed by atoms with Gasteiger partial charge in [-0.05, 0) is 62.4 Å². The quantitative estimate of drug-likeness (QED) is 0.880. The van der Waals surface area contributed by atoms with E-state index in [-0.39, 0.29) is 11.8 Å². The number of hydrogen-bond donors (Lipinski definition) is 1. The van der Waals surface area contributed by atoms with Gasteiger partial charge in [0, 0.05) is 38.2 Å². The molecule has 148 valence electrons. The van der Waals surface area contributed by atoms with Crippen LogP contribution in [-0.4, -0.2) is 60.9 Å². The topological polar surface area (TPSA) is 52.7 Å². The molecule has 0 spiro atoms. The Morgan fingerprint density at radius 2 is 1.85 bits per heavy atom. The van der Waals surface area contributed by atoms with Crippen molar-refractivity contribution in [2.75, 3.05) is 39.3 Å². The molecule has 6 heteroatoms. The highest BCUT2D eigenvalue weighted by Gasteiger charge is 2.26. The number of nitrogens with zero attached hydrogens (tertiary/aromatic N) is 2. The second-order valence-corrected chi connectivity index (χ2v) is 7.81. The maximum absolute atomic E-state index is 13.4. The Hall–Kier alpha value is -1.95. The summed E-state index contributed by atoms with van der Waals surface area (Å²) in [5, 5.41) is 3.37. The summed E-state index contributed by atoms with van der Waals surface area (Å²) in [7, 11) is 0. The predicted octanol–water partition coefficient (Wildman–Crippen LogP) is 2.53. The Morgan fingerprint density at radius 3 is 2.59 bits per heavy atom. The number of carbonyl (C=O) groups is 2. The van der Waals surface area contributed by atoms with Gasteiger partial charge < -0.3 is 15.1 Å². The summed E-state index contributed by atoms with van der Waals surface area (Å²) in [4.78, 5) is 29.0. The van der Waals surface area contributed by atoms with Gasteiger partial charge in [-0.2, -0.15) is 0 Å². The number of benzene rings is 1. The Morgan fingerprint density at radius 1 is 1.15 bits per heavy atom. The third kappa shape index (κ3) is 5.28. The van der Waals surface area contributed by atoms with Crippen molar-refractivity contribution in [1.29, 1.82) is 0 Å². The molecule has 27 heavy (non-hydrogen) atoms. The lowest BCUT2D eigenvalue weighted by atomic mass is 9.84. The highest BCUT2D eigenvalue weighted by molar-refractivity contribution is 5.94. The van der Waals surface area contributed by atoms with Crippen molar-refractivity contribution in [2.24, 2.45) is 11.8 Å². The lowest BCUT2D eigenvalue weighted by Crippen LogP contribution is -2.39. The van der Waals surface area contributed by atoms with E-state index in [2.05, 4.69) is 12.2 Å². The van der Waals surface area contributed by atoms with Crippen LogP contribution in [0.15, 0.2) is 24.3 Å². The number of hydrogen-bond acceptors (Lipinski definition) is 3. The van der Waals surface area contributed by atoms with E-state index in [0.717, 1.165) is 32.4 Å². The van der Waals surface area contributed by atoms with Crippen LogP contribution in [0.25, 0.3) is 0 Å². The first-order valence-corrected chi connectivity index (χ1v) is 10.1. The molecule has 2 heterocycles. The fourth-order valence-corrected chi connectivity index (χ4v) is 4.16. The van der Waals surface area contributed by atoms with Crippen LogP contribution >= 0.6 is 0 Å². The first-order valence-electron chi connectivity index (χ1n) is 10.1. The Balaban J connectivity index is 1.53. The van der Waals surface area contributed by atoms with Crippen LogP contribution in [0.2, 0.25) is 0 Å². The van der Waals surface area contributed by atoms with Crippen LogP contribution in [0.1, 0.15) is 43.0 Å². The molecule has 1 aromatic carbocycles. The van der Waals surface area contributed by atoms with E-state index in [0.29, 0.717) is 50.0 Å². The van der Waals surface area contributed by atoms with Crippen molar-refractivity contribution in [3.8, 4) is 0 Å². The number of rotatable bonds is 4. The molecule has 2 aliphatic heterocycles. The summed E-state index contributed by atoms with van der Waals surface area (Å²) in [5.41, 5.74) is 0.370. The van der Waals surface area contributed by atoms with Crippen LogP contribution < -0.4 is 5.32 Å². The Labute approximate surface area is 160 Å².